The van der Waals surface area contributed by atoms with Crippen molar-refractivity contribution in [3.8, 4) is 11.3 Å². The number of hydrogen-bond donors (Lipinski definition) is 1. The molecule has 7 heteroatoms. The van der Waals surface area contributed by atoms with E-state index < -0.39 is 9.84 Å². The molecule has 2 aromatic rings. The molecule has 6 nitrogen and oxygen atoms in total. The zero-order chi connectivity index (χ0) is 17.0. The van der Waals surface area contributed by atoms with Gasteiger partial charge in [-0.1, -0.05) is 30.3 Å². The molecule has 1 atom stereocenters. The molecule has 0 saturated carbocycles. The number of amides is 1. The highest BCUT2D eigenvalue weighted by atomic mass is 32.2. The van der Waals surface area contributed by atoms with E-state index in [1.165, 1.54) is 0 Å². The quantitative estimate of drug-likeness (QED) is 0.862. The number of nitrogens with one attached hydrogen (secondary N) is 1. The summed E-state index contributed by atoms with van der Waals surface area (Å²) in [6.45, 7) is 0. The van der Waals surface area contributed by atoms with E-state index in [4.69, 9.17) is 4.42 Å². The van der Waals surface area contributed by atoms with Crippen LogP contribution in [-0.2, 0) is 21.1 Å². The van der Waals surface area contributed by atoms with Gasteiger partial charge in [-0.3, -0.25) is 4.79 Å². The lowest BCUT2D eigenvalue weighted by molar-refractivity contribution is -0.121. The van der Waals surface area contributed by atoms with Crippen LogP contribution in [0.2, 0.25) is 0 Å². The van der Waals surface area contributed by atoms with Crippen LogP contribution in [0.1, 0.15) is 25.2 Å². The summed E-state index contributed by atoms with van der Waals surface area (Å²) in [6.07, 6.45) is 3.71. The summed E-state index contributed by atoms with van der Waals surface area (Å²) in [4.78, 5) is 16.1. The lowest BCUT2D eigenvalue weighted by atomic mass is 10.2. The number of sulfone groups is 1. The van der Waals surface area contributed by atoms with Gasteiger partial charge < -0.3 is 9.73 Å². The fourth-order valence-corrected chi connectivity index (χ4v) is 4.44. The van der Waals surface area contributed by atoms with Crippen LogP contribution < -0.4 is 5.32 Å². The number of carbonyl (C=O) groups is 1. The van der Waals surface area contributed by atoms with Crippen molar-refractivity contribution in [2.24, 2.45) is 0 Å². The highest BCUT2D eigenvalue weighted by Gasteiger charge is 2.28. The van der Waals surface area contributed by atoms with Crippen LogP contribution in [0.25, 0.3) is 11.3 Å². The normalized spacial score (nSPS) is 19.2. The first-order valence-corrected chi connectivity index (χ1v) is 9.84. The maximum absolute atomic E-state index is 11.9. The Morgan fingerprint density at radius 3 is 2.79 bits per heavy atom. The lowest BCUT2D eigenvalue weighted by Crippen LogP contribution is -2.35. The molecule has 128 valence electrons. The molecule has 1 aromatic heterocycles. The summed E-state index contributed by atoms with van der Waals surface area (Å²) in [5.74, 6) is 1.42. The Bertz CT molecular complexity index is 799. The SMILES string of the molecule is O=C(CCCc1ncc(-c2ccccc2)o1)N[C@H]1CCS(=O)(=O)C1. The fraction of sp³-hybridized carbons (Fsp3) is 0.412. The van der Waals surface area contributed by atoms with E-state index >= 15 is 0 Å². The van der Waals surface area contributed by atoms with Gasteiger partial charge >= 0.3 is 0 Å². The van der Waals surface area contributed by atoms with E-state index in [2.05, 4.69) is 10.3 Å². The second kappa shape index (κ2) is 7.17. The van der Waals surface area contributed by atoms with Gasteiger partial charge in [0.15, 0.2) is 21.5 Å². The van der Waals surface area contributed by atoms with Crippen LogP contribution in [0.15, 0.2) is 40.9 Å². The summed E-state index contributed by atoms with van der Waals surface area (Å²) in [5, 5.41) is 2.78. The van der Waals surface area contributed by atoms with Crippen LogP contribution in [0.5, 0.6) is 0 Å². The smallest absolute Gasteiger partial charge is 0.220 e. The van der Waals surface area contributed by atoms with Crippen molar-refractivity contribution in [2.45, 2.75) is 31.7 Å². The maximum atomic E-state index is 11.9. The van der Waals surface area contributed by atoms with Crippen molar-refractivity contribution in [1.29, 1.82) is 0 Å². The number of nitrogens with zero attached hydrogens (tertiary/aromatic N) is 1. The molecule has 0 bridgehead atoms. The Hall–Kier alpha value is -2.15. The molecule has 0 aliphatic carbocycles. The summed E-state index contributed by atoms with van der Waals surface area (Å²) in [6, 6.07) is 9.47. The van der Waals surface area contributed by atoms with Crippen LogP contribution >= 0.6 is 0 Å². The first kappa shape index (κ1) is 16.7. The van der Waals surface area contributed by atoms with E-state index in [-0.39, 0.29) is 23.5 Å². The standard InChI is InChI=1S/C17H20N2O4S/c20-16(19-14-9-10-24(21,22)12-14)7-4-8-17-18-11-15(23-17)13-5-2-1-3-6-13/h1-3,5-6,11,14H,4,7-10,12H2,(H,19,20)/t14-/m0/s1. The largest absolute Gasteiger partial charge is 0.441 e. The third kappa shape index (κ3) is 4.44. The number of carbonyl (C=O) groups excluding carboxylic acids is 1. The zero-order valence-corrected chi connectivity index (χ0v) is 14.1. The molecule has 2 heterocycles. The van der Waals surface area contributed by atoms with Crippen molar-refractivity contribution in [3.63, 3.8) is 0 Å². The molecule has 1 aliphatic rings. The number of benzene rings is 1. The molecule has 1 saturated heterocycles. The van der Waals surface area contributed by atoms with Gasteiger partial charge in [0.05, 0.1) is 17.7 Å². The molecule has 24 heavy (non-hydrogen) atoms. The van der Waals surface area contributed by atoms with Crippen LogP contribution in [0, 0.1) is 0 Å². The Morgan fingerprint density at radius 1 is 1.29 bits per heavy atom. The summed E-state index contributed by atoms with van der Waals surface area (Å²) in [5.41, 5.74) is 0.969. The molecule has 1 aromatic carbocycles. The fourth-order valence-electron chi connectivity index (χ4n) is 2.77. The average Bonchev–Trinajstić information content (AvgIpc) is 3.15. The monoisotopic (exact) mass is 348 g/mol. The van der Waals surface area contributed by atoms with Gasteiger partial charge in [-0.25, -0.2) is 13.4 Å². The molecular formula is C17H20N2O4S. The predicted molar refractivity (Wildman–Crippen MR) is 90.1 cm³/mol. The topological polar surface area (TPSA) is 89.3 Å². The Labute approximate surface area is 141 Å². The molecular weight excluding hydrogens is 328 g/mol. The van der Waals surface area contributed by atoms with Gasteiger partial charge in [0, 0.05) is 24.4 Å². The van der Waals surface area contributed by atoms with Gasteiger partial charge in [0.1, 0.15) is 0 Å². The van der Waals surface area contributed by atoms with Crippen molar-refractivity contribution in [3.05, 3.63) is 42.4 Å². The number of aryl methyl sites for hydroxylation is 1. The van der Waals surface area contributed by atoms with Gasteiger partial charge in [-0.2, -0.15) is 0 Å². The minimum Gasteiger partial charge on any atom is -0.441 e. The molecule has 3 rings (SSSR count). The second-order valence-electron chi connectivity index (χ2n) is 6.01. The van der Waals surface area contributed by atoms with Crippen LogP contribution in [-0.4, -0.2) is 36.9 Å². The Morgan fingerprint density at radius 2 is 2.08 bits per heavy atom. The number of aromatic nitrogens is 1. The third-order valence-electron chi connectivity index (χ3n) is 4.00. The van der Waals surface area contributed by atoms with E-state index in [0.29, 0.717) is 37.3 Å². The molecule has 0 radical (unpaired) electrons. The van der Waals surface area contributed by atoms with Crippen molar-refractivity contribution in [2.75, 3.05) is 11.5 Å². The number of oxazole rings is 1. The maximum Gasteiger partial charge on any atom is 0.220 e. The molecule has 1 amide bonds. The van der Waals surface area contributed by atoms with E-state index in [9.17, 15) is 13.2 Å². The van der Waals surface area contributed by atoms with E-state index in [1.54, 1.807) is 6.20 Å². The lowest BCUT2D eigenvalue weighted by Gasteiger charge is -2.10. The Balaban J connectivity index is 1.44. The zero-order valence-electron chi connectivity index (χ0n) is 13.3. The summed E-state index contributed by atoms with van der Waals surface area (Å²) in [7, 11) is -2.97. The third-order valence-corrected chi connectivity index (χ3v) is 5.77. The van der Waals surface area contributed by atoms with E-state index in [0.717, 1.165) is 5.56 Å². The van der Waals surface area contributed by atoms with Crippen molar-refractivity contribution >= 4 is 15.7 Å². The summed E-state index contributed by atoms with van der Waals surface area (Å²) < 4.78 is 28.4. The predicted octanol–water partition coefficient (Wildman–Crippen LogP) is 1.97. The van der Waals surface area contributed by atoms with E-state index in [1.807, 2.05) is 30.3 Å². The molecule has 0 spiro atoms. The van der Waals surface area contributed by atoms with Gasteiger partial charge in [-0.05, 0) is 12.8 Å². The van der Waals surface area contributed by atoms with Gasteiger partial charge in [-0.15, -0.1) is 0 Å². The molecule has 1 aliphatic heterocycles. The molecule has 0 unspecified atom stereocenters. The number of rotatable bonds is 6. The average molecular weight is 348 g/mol. The minimum atomic E-state index is -2.97. The highest BCUT2D eigenvalue weighted by Crippen LogP contribution is 2.20. The van der Waals surface area contributed by atoms with Crippen LogP contribution in [0.3, 0.4) is 0 Å². The minimum absolute atomic E-state index is 0.0545. The first-order chi connectivity index (χ1) is 11.5. The first-order valence-electron chi connectivity index (χ1n) is 8.02. The molecule has 1 N–H and O–H groups in total. The van der Waals surface area contributed by atoms with Crippen LogP contribution in [0.4, 0.5) is 0 Å². The highest BCUT2D eigenvalue weighted by molar-refractivity contribution is 7.91. The molecule has 1 fully saturated rings. The van der Waals surface area contributed by atoms with Crippen molar-refractivity contribution in [1.82, 2.24) is 10.3 Å². The van der Waals surface area contributed by atoms with Crippen molar-refractivity contribution < 1.29 is 17.6 Å². The second-order valence-corrected chi connectivity index (χ2v) is 8.23. The number of hydrogen-bond acceptors (Lipinski definition) is 5. The van der Waals surface area contributed by atoms with Gasteiger partial charge in [0.25, 0.3) is 0 Å². The summed E-state index contributed by atoms with van der Waals surface area (Å²) >= 11 is 0. The Kier molecular flexibility index (Phi) is 4.99. The van der Waals surface area contributed by atoms with Gasteiger partial charge in [0.2, 0.25) is 5.91 Å².